The van der Waals surface area contributed by atoms with Crippen molar-refractivity contribution in [2.75, 3.05) is 13.1 Å². The molecule has 2 nitrogen and oxygen atoms in total. The van der Waals surface area contributed by atoms with Gasteiger partial charge in [-0.1, -0.05) is 6.07 Å². The third-order valence-electron chi connectivity index (χ3n) is 2.70. The molecule has 1 saturated heterocycles. The highest BCUT2D eigenvalue weighted by atomic mass is 14.9. The Morgan fingerprint density at radius 2 is 2.38 bits per heavy atom. The Balaban J connectivity index is 2.10. The van der Waals surface area contributed by atoms with Crippen molar-refractivity contribution in [1.29, 1.82) is 0 Å². The smallest absolute Gasteiger partial charge is 0.0372 e. The molecule has 0 amide bonds. The minimum absolute atomic E-state index is 0.682. The molecule has 0 unspecified atom stereocenters. The number of rotatable bonds is 1. The molecule has 2 heteroatoms. The lowest BCUT2D eigenvalue weighted by Gasteiger charge is -2.22. The van der Waals surface area contributed by atoms with Gasteiger partial charge in [0.25, 0.3) is 0 Å². The van der Waals surface area contributed by atoms with E-state index in [1.807, 2.05) is 13.1 Å². The highest BCUT2D eigenvalue weighted by Gasteiger charge is 2.14. The van der Waals surface area contributed by atoms with Crippen LogP contribution in [-0.4, -0.2) is 18.1 Å². The van der Waals surface area contributed by atoms with Crippen LogP contribution in [0, 0.1) is 6.92 Å². The lowest BCUT2D eigenvalue weighted by molar-refractivity contribution is 0.461. The predicted octanol–water partition coefficient (Wildman–Crippen LogP) is 1.86. The number of hydrogen-bond acceptors (Lipinski definition) is 2. The third-order valence-corrected chi connectivity index (χ3v) is 2.70. The molecule has 0 bridgehead atoms. The summed E-state index contributed by atoms with van der Waals surface area (Å²) in [5.41, 5.74) is 2.49. The van der Waals surface area contributed by atoms with Crippen molar-refractivity contribution in [3.63, 3.8) is 0 Å². The number of nitrogens with zero attached hydrogens (tertiary/aromatic N) is 1. The predicted molar refractivity (Wildman–Crippen MR) is 53.8 cm³/mol. The molecule has 1 aliphatic rings. The van der Waals surface area contributed by atoms with E-state index in [2.05, 4.69) is 22.4 Å². The first-order valence-electron chi connectivity index (χ1n) is 4.99. The van der Waals surface area contributed by atoms with E-state index >= 15 is 0 Å². The molecule has 0 aliphatic carbocycles. The van der Waals surface area contributed by atoms with E-state index in [0.717, 1.165) is 12.2 Å². The molecule has 70 valence electrons. The Hall–Kier alpha value is -0.890. The molecule has 1 N–H and O–H groups in total. The number of aryl methyl sites for hydroxylation is 1. The third kappa shape index (κ3) is 2.07. The zero-order valence-corrected chi connectivity index (χ0v) is 8.09. The average Bonchev–Trinajstić information content (AvgIpc) is 2.20. The van der Waals surface area contributed by atoms with E-state index in [9.17, 15) is 0 Å². The van der Waals surface area contributed by atoms with Crippen LogP contribution < -0.4 is 5.32 Å². The summed E-state index contributed by atoms with van der Waals surface area (Å²) >= 11 is 0. The Kier molecular flexibility index (Phi) is 2.60. The van der Waals surface area contributed by atoms with E-state index in [1.54, 1.807) is 0 Å². The van der Waals surface area contributed by atoms with E-state index in [1.165, 1.54) is 24.9 Å². The molecule has 2 rings (SSSR count). The molecule has 1 atom stereocenters. The second-order valence-electron chi connectivity index (χ2n) is 3.78. The van der Waals surface area contributed by atoms with Crippen LogP contribution in [0.2, 0.25) is 0 Å². The van der Waals surface area contributed by atoms with Crippen molar-refractivity contribution in [1.82, 2.24) is 10.3 Å². The number of piperidine rings is 1. The molecular weight excluding hydrogens is 160 g/mol. The fraction of sp³-hybridized carbons (Fsp3) is 0.545. The maximum absolute atomic E-state index is 4.33. The Labute approximate surface area is 79.4 Å². The van der Waals surface area contributed by atoms with Crippen LogP contribution in [-0.2, 0) is 0 Å². The fourth-order valence-corrected chi connectivity index (χ4v) is 1.86. The zero-order chi connectivity index (χ0) is 9.10. The molecule has 0 spiro atoms. The SMILES string of the molecule is Cc1ccc([C@H]2CCCNC2)cn1. The summed E-state index contributed by atoms with van der Waals surface area (Å²) < 4.78 is 0. The van der Waals surface area contributed by atoms with Crippen LogP contribution in [0.4, 0.5) is 0 Å². The van der Waals surface area contributed by atoms with E-state index in [-0.39, 0.29) is 0 Å². The molecule has 1 aromatic heterocycles. The number of hydrogen-bond donors (Lipinski definition) is 1. The number of nitrogens with one attached hydrogen (secondary N) is 1. The highest BCUT2D eigenvalue weighted by Crippen LogP contribution is 2.22. The summed E-state index contributed by atoms with van der Waals surface area (Å²) in [6.45, 7) is 4.32. The van der Waals surface area contributed by atoms with E-state index in [0.29, 0.717) is 5.92 Å². The van der Waals surface area contributed by atoms with Gasteiger partial charge in [0.15, 0.2) is 0 Å². The average molecular weight is 176 g/mol. The summed E-state index contributed by atoms with van der Waals surface area (Å²) in [6, 6.07) is 4.31. The van der Waals surface area contributed by atoms with Gasteiger partial charge in [0.2, 0.25) is 0 Å². The van der Waals surface area contributed by atoms with Gasteiger partial charge in [-0.2, -0.15) is 0 Å². The zero-order valence-electron chi connectivity index (χ0n) is 8.09. The molecular formula is C11H16N2. The van der Waals surface area contributed by atoms with Crippen LogP contribution in [0.25, 0.3) is 0 Å². The molecule has 13 heavy (non-hydrogen) atoms. The van der Waals surface area contributed by atoms with Gasteiger partial charge in [0.05, 0.1) is 0 Å². The lowest BCUT2D eigenvalue weighted by atomic mass is 9.93. The maximum Gasteiger partial charge on any atom is 0.0372 e. The van der Waals surface area contributed by atoms with Gasteiger partial charge in [-0.05, 0) is 43.9 Å². The largest absolute Gasteiger partial charge is 0.316 e. The van der Waals surface area contributed by atoms with Crippen molar-refractivity contribution in [2.24, 2.45) is 0 Å². The van der Waals surface area contributed by atoms with E-state index in [4.69, 9.17) is 0 Å². The molecule has 1 fully saturated rings. The summed E-state index contributed by atoms with van der Waals surface area (Å²) in [5, 5.41) is 3.42. The molecule has 0 saturated carbocycles. The lowest BCUT2D eigenvalue weighted by Crippen LogP contribution is -2.28. The van der Waals surface area contributed by atoms with Gasteiger partial charge in [0, 0.05) is 18.4 Å². The first-order valence-corrected chi connectivity index (χ1v) is 4.99. The van der Waals surface area contributed by atoms with Gasteiger partial charge in [-0.15, -0.1) is 0 Å². The first kappa shape index (κ1) is 8.70. The van der Waals surface area contributed by atoms with Gasteiger partial charge >= 0.3 is 0 Å². The second kappa shape index (κ2) is 3.88. The van der Waals surface area contributed by atoms with Crippen molar-refractivity contribution in [3.05, 3.63) is 29.6 Å². The number of aromatic nitrogens is 1. The topological polar surface area (TPSA) is 24.9 Å². The Bertz CT molecular complexity index is 260. The molecule has 0 radical (unpaired) electrons. The summed E-state index contributed by atoms with van der Waals surface area (Å²) in [7, 11) is 0. The van der Waals surface area contributed by atoms with E-state index < -0.39 is 0 Å². The van der Waals surface area contributed by atoms with Crippen molar-refractivity contribution >= 4 is 0 Å². The summed E-state index contributed by atoms with van der Waals surface area (Å²) in [6.07, 6.45) is 4.61. The maximum atomic E-state index is 4.33. The van der Waals surface area contributed by atoms with Gasteiger partial charge in [-0.3, -0.25) is 4.98 Å². The Morgan fingerprint density at radius 3 is 3.00 bits per heavy atom. The van der Waals surface area contributed by atoms with Crippen LogP contribution in [0.1, 0.15) is 30.0 Å². The van der Waals surface area contributed by atoms with Crippen LogP contribution in [0.5, 0.6) is 0 Å². The second-order valence-corrected chi connectivity index (χ2v) is 3.78. The summed E-state index contributed by atoms with van der Waals surface area (Å²) in [5.74, 6) is 0.682. The van der Waals surface area contributed by atoms with Crippen molar-refractivity contribution in [2.45, 2.75) is 25.7 Å². The Morgan fingerprint density at radius 1 is 1.46 bits per heavy atom. The molecule has 0 aromatic carbocycles. The molecule has 1 aliphatic heterocycles. The normalized spacial score (nSPS) is 23.0. The number of pyridine rings is 1. The molecule has 1 aromatic rings. The van der Waals surface area contributed by atoms with Crippen molar-refractivity contribution in [3.8, 4) is 0 Å². The highest BCUT2D eigenvalue weighted by molar-refractivity contribution is 5.18. The van der Waals surface area contributed by atoms with Crippen molar-refractivity contribution < 1.29 is 0 Å². The minimum Gasteiger partial charge on any atom is -0.316 e. The fourth-order valence-electron chi connectivity index (χ4n) is 1.86. The van der Waals surface area contributed by atoms with Gasteiger partial charge in [-0.25, -0.2) is 0 Å². The van der Waals surface area contributed by atoms with Crippen LogP contribution >= 0.6 is 0 Å². The monoisotopic (exact) mass is 176 g/mol. The van der Waals surface area contributed by atoms with Gasteiger partial charge in [0.1, 0.15) is 0 Å². The van der Waals surface area contributed by atoms with Gasteiger partial charge < -0.3 is 5.32 Å². The molecule has 2 heterocycles. The van der Waals surface area contributed by atoms with Crippen LogP contribution in [0.15, 0.2) is 18.3 Å². The quantitative estimate of drug-likeness (QED) is 0.706. The summed E-state index contributed by atoms with van der Waals surface area (Å²) in [4.78, 5) is 4.33. The standard InChI is InChI=1S/C11H16N2/c1-9-4-5-11(8-13-9)10-3-2-6-12-7-10/h4-5,8,10,12H,2-3,6-7H2,1H3/t10-/m0/s1. The van der Waals surface area contributed by atoms with Crippen LogP contribution in [0.3, 0.4) is 0 Å². The first-order chi connectivity index (χ1) is 6.36. The minimum atomic E-state index is 0.682.